The second kappa shape index (κ2) is 5.36. The van der Waals surface area contributed by atoms with Crippen LogP contribution in [-0.4, -0.2) is 32.4 Å². The molecule has 0 aromatic carbocycles. The van der Waals surface area contributed by atoms with Crippen LogP contribution in [0.5, 0.6) is 0 Å². The van der Waals surface area contributed by atoms with Crippen molar-refractivity contribution >= 4 is 37.3 Å². The zero-order valence-electron chi connectivity index (χ0n) is 9.30. The van der Waals surface area contributed by atoms with Crippen molar-refractivity contribution in [2.75, 3.05) is 19.6 Å². The predicted molar refractivity (Wildman–Crippen MR) is 72.6 cm³/mol. The molecular formula is C10H15BrN2O2S2. The standard InChI is InChI=1S/C10H15BrN2O2S2/c11-9-1-2-10(16-9)17(14,15)13-6-4-8(7-13)3-5-12/h1-2,8H,3-7,12H2. The van der Waals surface area contributed by atoms with Gasteiger partial charge in [-0.05, 0) is 53.4 Å². The summed E-state index contributed by atoms with van der Waals surface area (Å²) < 4.78 is 27.4. The van der Waals surface area contributed by atoms with Crippen molar-refractivity contribution in [2.45, 2.75) is 17.1 Å². The average Bonchev–Trinajstić information content (AvgIpc) is 2.88. The normalized spacial score (nSPS) is 22.1. The van der Waals surface area contributed by atoms with Crippen molar-refractivity contribution in [3.8, 4) is 0 Å². The molecule has 2 N–H and O–H groups in total. The molecule has 0 bridgehead atoms. The van der Waals surface area contributed by atoms with E-state index >= 15 is 0 Å². The topological polar surface area (TPSA) is 63.4 Å². The van der Waals surface area contributed by atoms with Crippen LogP contribution in [0.25, 0.3) is 0 Å². The minimum absolute atomic E-state index is 0.415. The predicted octanol–water partition coefficient (Wildman–Crippen LogP) is 1.87. The van der Waals surface area contributed by atoms with Crippen LogP contribution in [-0.2, 0) is 10.0 Å². The molecule has 2 heterocycles. The summed E-state index contributed by atoms with van der Waals surface area (Å²) in [4.78, 5) is 0. The molecule has 17 heavy (non-hydrogen) atoms. The number of hydrogen-bond donors (Lipinski definition) is 1. The number of thiophene rings is 1. The van der Waals surface area contributed by atoms with Crippen molar-refractivity contribution in [1.29, 1.82) is 0 Å². The van der Waals surface area contributed by atoms with Gasteiger partial charge in [0.2, 0.25) is 0 Å². The van der Waals surface area contributed by atoms with Gasteiger partial charge in [-0.1, -0.05) is 0 Å². The quantitative estimate of drug-likeness (QED) is 0.911. The minimum Gasteiger partial charge on any atom is -0.330 e. The lowest BCUT2D eigenvalue weighted by Gasteiger charge is -2.15. The van der Waals surface area contributed by atoms with Crippen molar-refractivity contribution < 1.29 is 8.42 Å². The molecule has 7 heteroatoms. The Morgan fingerprint density at radius 3 is 2.88 bits per heavy atom. The first-order valence-electron chi connectivity index (χ1n) is 5.49. The number of rotatable bonds is 4. The number of hydrogen-bond acceptors (Lipinski definition) is 4. The first kappa shape index (κ1) is 13.5. The summed E-state index contributed by atoms with van der Waals surface area (Å²) in [6, 6.07) is 3.42. The maximum atomic E-state index is 12.3. The lowest BCUT2D eigenvalue weighted by atomic mass is 10.1. The van der Waals surface area contributed by atoms with Crippen molar-refractivity contribution in [1.82, 2.24) is 4.31 Å². The molecule has 1 aromatic heterocycles. The Balaban J connectivity index is 2.13. The molecule has 2 rings (SSSR count). The molecule has 1 aliphatic rings. The van der Waals surface area contributed by atoms with Crippen LogP contribution in [0.2, 0.25) is 0 Å². The van der Waals surface area contributed by atoms with Crippen LogP contribution < -0.4 is 5.73 Å². The molecule has 0 saturated carbocycles. The summed E-state index contributed by atoms with van der Waals surface area (Å²) in [5, 5.41) is 0. The molecule has 4 nitrogen and oxygen atoms in total. The van der Waals surface area contributed by atoms with Gasteiger partial charge in [0.15, 0.2) is 0 Å². The zero-order valence-corrected chi connectivity index (χ0v) is 12.5. The van der Waals surface area contributed by atoms with E-state index in [1.165, 1.54) is 11.3 Å². The third-order valence-electron chi connectivity index (χ3n) is 2.97. The van der Waals surface area contributed by atoms with E-state index in [9.17, 15) is 8.42 Å². The highest BCUT2D eigenvalue weighted by Crippen LogP contribution is 2.31. The van der Waals surface area contributed by atoms with E-state index in [2.05, 4.69) is 15.9 Å². The number of nitrogens with two attached hydrogens (primary N) is 1. The van der Waals surface area contributed by atoms with Gasteiger partial charge in [0, 0.05) is 13.1 Å². The Morgan fingerprint density at radius 2 is 2.29 bits per heavy atom. The molecule has 1 unspecified atom stereocenters. The van der Waals surface area contributed by atoms with Crippen LogP contribution in [0, 0.1) is 5.92 Å². The van der Waals surface area contributed by atoms with Gasteiger partial charge in [-0.15, -0.1) is 11.3 Å². The van der Waals surface area contributed by atoms with Crippen LogP contribution >= 0.6 is 27.3 Å². The SMILES string of the molecule is NCCC1CCN(S(=O)(=O)c2ccc(Br)s2)C1. The number of sulfonamides is 1. The summed E-state index contributed by atoms with van der Waals surface area (Å²) in [6.07, 6.45) is 1.82. The molecule has 0 amide bonds. The first-order valence-corrected chi connectivity index (χ1v) is 8.54. The summed E-state index contributed by atoms with van der Waals surface area (Å²) in [6.45, 7) is 1.85. The van der Waals surface area contributed by atoms with Crippen LogP contribution in [0.4, 0.5) is 0 Å². The fourth-order valence-electron chi connectivity index (χ4n) is 2.05. The summed E-state index contributed by atoms with van der Waals surface area (Å²) >= 11 is 4.55. The van der Waals surface area contributed by atoms with E-state index in [0.29, 0.717) is 29.8 Å². The van der Waals surface area contributed by atoms with Gasteiger partial charge in [-0.25, -0.2) is 8.42 Å². The van der Waals surface area contributed by atoms with E-state index in [-0.39, 0.29) is 0 Å². The summed E-state index contributed by atoms with van der Waals surface area (Å²) in [5.74, 6) is 0.415. The van der Waals surface area contributed by atoms with Crippen LogP contribution in [0.15, 0.2) is 20.1 Å². The number of halogens is 1. The van der Waals surface area contributed by atoms with Crippen molar-refractivity contribution in [2.24, 2.45) is 11.7 Å². The largest absolute Gasteiger partial charge is 0.330 e. The molecular weight excluding hydrogens is 324 g/mol. The molecule has 96 valence electrons. The van der Waals surface area contributed by atoms with Gasteiger partial charge < -0.3 is 5.73 Å². The fraction of sp³-hybridized carbons (Fsp3) is 0.600. The molecule has 0 spiro atoms. The molecule has 0 radical (unpaired) electrons. The van der Waals surface area contributed by atoms with Gasteiger partial charge in [-0.3, -0.25) is 0 Å². The Kier molecular flexibility index (Phi) is 4.25. The van der Waals surface area contributed by atoms with Crippen molar-refractivity contribution in [3.63, 3.8) is 0 Å². The van der Waals surface area contributed by atoms with E-state index in [0.717, 1.165) is 16.6 Å². The second-order valence-corrected chi connectivity index (χ2v) is 8.78. The van der Waals surface area contributed by atoms with E-state index in [4.69, 9.17) is 5.73 Å². The van der Waals surface area contributed by atoms with Gasteiger partial charge in [0.05, 0.1) is 3.79 Å². The van der Waals surface area contributed by atoms with Crippen LogP contribution in [0.1, 0.15) is 12.8 Å². The lowest BCUT2D eigenvalue weighted by Crippen LogP contribution is -2.28. The average molecular weight is 339 g/mol. The lowest BCUT2D eigenvalue weighted by molar-refractivity contribution is 0.450. The van der Waals surface area contributed by atoms with Crippen molar-refractivity contribution in [3.05, 3.63) is 15.9 Å². The highest BCUT2D eigenvalue weighted by Gasteiger charge is 2.32. The van der Waals surface area contributed by atoms with Gasteiger partial charge >= 0.3 is 0 Å². The van der Waals surface area contributed by atoms with E-state index in [1.807, 2.05) is 0 Å². The molecule has 1 atom stereocenters. The maximum absolute atomic E-state index is 12.3. The monoisotopic (exact) mass is 338 g/mol. The zero-order chi connectivity index (χ0) is 12.5. The second-order valence-electron chi connectivity index (χ2n) is 4.15. The van der Waals surface area contributed by atoms with E-state index < -0.39 is 10.0 Å². The third-order valence-corrected chi connectivity index (χ3v) is 6.92. The highest BCUT2D eigenvalue weighted by molar-refractivity contribution is 9.11. The molecule has 1 fully saturated rings. The molecule has 0 aliphatic carbocycles. The summed E-state index contributed by atoms with van der Waals surface area (Å²) in [7, 11) is -3.29. The van der Waals surface area contributed by atoms with Gasteiger partial charge in [-0.2, -0.15) is 4.31 Å². The Bertz CT molecular complexity index is 486. The maximum Gasteiger partial charge on any atom is 0.252 e. The van der Waals surface area contributed by atoms with Crippen LogP contribution in [0.3, 0.4) is 0 Å². The Morgan fingerprint density at radius 1 is 1.53 bits per heavy atom. The van der Waals surface area contributed by atoms with E-state index in [1.54, 1.807) is 16.4 Å². The smallest absolute Gasteiger partial charge is 0.252 e. The molecule has 1 aromatic rings. The minimum atomic E-state index is -3.29. The molecule has 1 aliphatic heterocycles. The highest BCUT2D eigenvalue weighted by atomic mass is 79.9. The molecule has 1 saturated heterocycles. The third kappa shape index (κ3) is 2.90. The number of nitrogens with zero attached hydrogens (tertiary/aromatic N) is 1. The van der Waals surface area contributed by atoms with Gasteiger partial charge in [0.1, 0.15) is 4.21 Å². The Labute approximate surface area is 114 Å². The van der Waals surface area contributed by atoms with Gasteiger partial charge in [0.25, 0.3) is 10.0 Å². The first-order chi connectivity index (χ1) is 8.04. The fourth-order valence-corrected chi connectivity index (χ4v) is 5.75. The summed E-state index contributed by atoms with van der Waals surface area (Å²) in [5.41, 5.74) is 5.51. The Hall–Kier alpha value is 0.0500.